The minimum absolute atomic E-state index is 0. The Balaban J connectivity index is 0.00000380. The van der Waals surface area contributed by atoms with Crippen LogP contribution in [0.4, 0.5) is 9.59 Å². The number of rotatable bonds is 6. The minimum atomic E-state index is -3.87. The number of nitrogens with zero attached hydrogens (tertiary/aromatic N) is 3. The topological polar surface area (TPSA) is 173 Å². The summed E-state index contributed by atoms with van der Waals surface area (Å²) in [6, 6.07) is 2.76. The van der Waals surface area contributed by atoms with Crippen LogP contribution >= 0.6 is 11.8 Å². The summed E-state index contributed by atoms with van der Waals surface area (Å²) in [4.78, 5) is 65.0. The first-order valence-corrected chi connectivity index (χ1v) is 13.6. The average Bonchev–Trinajstić information content (AvgIpc) is 3.31. The van der Waals surface area contributed by atoms with Crippen molar-refractivity contribution < 1.29 is 37.5 Å². The van der Waals surface area contributed by atoms with Gasteiger partial charge >= 0.3 is 47.6 Å². The van der Waals surface area contributed by atoms with Crippen molar-refractivity contribution in [3.8, 4) is 0 Å². The van der Waals surface area contributed by atoms with Crippen LogP contribution in [0.3, 0.4) is 0 Å². The molecule has 4 atom stereocenters. The van der Waals surface area contributed by atoms with Crippen LogP contribution in [0.15, 0.2) is 30.3 Å². The molecule has 196 valence electrons. The third-order valence-electron chi connectivity index (χ3n) is 6.25. The summed E-state index contributed by atoms with van der Waals surface area (Å²) in [5.74, 6) is -2.42. The number of imide groups is 1. The van der Waals surface area contributed by atoms with E-state index in [4.69, 9.17) is 0 Å². The number of carbonyl (C=O) groups is 5. The number of β-lactam (4-membered cyclic amide) rings is 1. The molecule has 4 rings (SSSR count). The molecule has 0 bridgehead atoms. The number of nitrogens with one attached hydrogen (secondary N) is 2. The molecule has 37 heavy (non-hydrogen) atoms. The first-order valence-electron chi connectivity index (χ1n) is 10.9. The summed E-state index contributed by atoms with van der Waals surface area (Å²) in [6.45, 7) is 3.02. The van der Waals surface area contributed by atoms with Crippen LogP contribution in [0.25, 0.3) is 0 Å². The van der Waals surface area contributed by atoms with Crippen LogP contribution in [-0.2, 0) is 24.4 Å². The van der Waals surface area contributed by atoms with Gasteiger partial charge in [0.05, 0.1) is 19.3 Å². The van der Waals surface area contributed by atoms with Crippen LogP contribution in [-0.4, -0.2) is 129 Å². The number of carbonyl (C=O) groups excluding carboxylic acids is 4. The molecule has 0 aromatic heterocycles. The summed E-state index contributed by atoms with van der Waals surface area (Å²) in [7, 11) is -3.87. The van der Waals surface area contributed by atoms with Gasteiger partial charge in [-0.2, -0.15) is 0 Å². The van der Waals surface area contributed by atoms with Gasteiger partial charge in [0.2, 0.25) is 21.8 Å². The molecule has 3 N–H and O–H groups in total. The standard InChI is InChI=1S/C21H25N5O8S2.Na.H/c1-21(2)14(18(29)30)26-16(28)13(17(26)35-21)22-15(27)12(11-7-5-4-6-8-11)23-19(31)24-9-10-25(20(24)32)36(3,33)34;;/h4-8,12-14,17H,9-10H2,1-3H3,(H,22,27)(H,23,31)(H,29,30);;/t12?,13-,14+,17-;;/m1../s1. The predicted molar refractivity (Wildman–Crippen MR) is 134 cm³/mol. The molecule has 3 saturated heterocycles. The van der Waals surface area contributed by atoms with E-state index in [1.165, 1.54) is 16.7 Å². The number of hydrogen-bond acceptors (Lipinski definition) is 8. The number of aliphatic carboxylic acids is 1. The Morgan fingerprint density at radius 3 is 2.30 bits per heavy atom. The Bertz CT molecular complexity index is 1240. The summed E-state index contributed by atoms with van der Waals surface area (Å²) in [5, 5.41) is 14.0. The quantitative estimate of drug-likeness (QED) is 0.293. The molecule has 0 radical (unpaired) electrons. The Morgan fingerprint density at radius 2 is 1.76 bits per heavy atom. The first-order chi connectivity index (χ1) is 16.7. The Morgan fingerprint density at radius 1 is 1.14 bits per heavy atom. The fraction of sp³-hybridized carbons (Fsp3) is 0.476. The normalized spacial score (nSPS) is 25.1. The number of urea groups is 2. The molecule has 3 aliphatic heterocycles. The molecule has 0 spiro atoms. The summed E-state index contributed by atoms with van der Waals surface area (Å²) < 4.78 is 23.3. The van der Waals surface area contributed by atoms with Crippen LogP contribution < -0.4 is 10.6 Å². The number of hydrogen-bond donors (Lipinski definition) is 3. The van der Waals surface area contributed by atoms with Gasteiger partial charge in [-0.1, -0.05) is 30.3 Å². The molecule has 1 unspecified atom stereocenters. The zero-order valence-electron chi connectivity index (χ0n) is 19.6. The van der Waals surface area contributed by atoms with Gasteiger partial charge in [0.15, 0.2) is 0 Å². The van der Waals surface area contributed by atoms with Crippen LogP contribution in [0, 0.1) is 0 Å². The maximum absolute atomic E-state index is 13.3. The van der Waals surface area contributed by atoms with Crippen molar-refractivity contribution in [2.24, 2.45) is 0 Å². The molecule has 3 fully saturated rings. The van der Waals surface area contributed by atoms with Crippen molar-refractivity contribution in [1.82, 2.24) is 24.7 Å². The van der Waals surface area contributed by atoms with E-state index in [-0.39, 0.29) is 42.6 Å². The molecular formula is C21H26N5NaO8S2. The molecule has 6 amide bonds. The fourth-order valence-corrected chi connectivity index (χ4v) is 6.96. The number of carboxylic acid groups (broad SMARTS) is 1. The number of thioether (sulfide) groups is 1. The summed E-state index contributed by atoms with van der Waals surface area (Å²) in [5.41, 5.74) is 0.362. The zero-order chi connectivity index (χ0) is 26.6. The molecule has 0 saturated carbocycles. The van der Waals surface area contributed by atoms with E-state index in [2.05, 4.69) is 10.6 Å². The average molecular weight is 564 g/mol. The van der Waals surface area contributed by atoms with Crippen LogP contribution in [0.5, 0.6) is 0 Å². The molecule has 1 aromatic carbocycles. The van der Waals surface area contributed by atoms with Crippen molar-refractivity contribution >= 4 is 81.2 Å². The predicted octanol–water partition coefficient (Wildman–Crippen LogP) is -0.882. The van der Waals surface area contributed by atoms with Gasteiger partial charge in [0.1, 0.15) is 23.5 Å². The van der Waals surface area contributed by atoms with Crippen molar-refractivity contribution in [2.75, 3.05) is 19.3 Å². The van der Waals surface area contributed by atoms with Crippen molar-refractivity contribution in [2.45, 2.75) is 42.1 Å². The molecular weight excluding hydrogens is 537 g/mol. The second-order valence-corrected chi connectivity index (χ2v) is 12.8. The van der Waals surface area contributed by atoms with Crippen LogP contribution in [0.2, 0.25) is 0 Å². The third kappa shape index (κ3) is 5.32. The molecule has 16 heteroatoms. The van der Waals surface area contributed by atoms with Gasteiger partial charge in [-0.05, 0) is 19.4 Å². The van der Waals surface area contributed by atoms with Gasteiger partial charge < -0.3 is 20.6 Å². The number of carboxylic acids is 1. The van der Waals surface area contributed by atoms with Gasteiger partial charge in [0.25, 0.3) is 0 Å². The molecule has 0 aliphatic carbocycles. The second-order valence-electron chi connectivity index (χ2n) is 9.15. The first kappa shape index (κ1) is 29.2. The summed E-state index contributed by atoms with van der Waals surface area (Å²) >= 11 is 1.26. The van der Waals surface area contributed by atoms with Crippen molar-refractivity contribution in [1.29, 1.82) is 0 Å². The fourth-order valence-electron chi connectivity index (χ4n) is 4.54. The van der Waals surface area contributed by atoms with Crippen LogP contribution in [0.1, 0.15) is 25.5 Å². The zero-order valence-corrected chi connectivity index (χ0v) is 21.2. The van der Waals surface area contributed by atoms with Gasteiger partial charge in [-0.25, -0.2) is 32.0 Å². The van der Waals surface area contributed by atoms with E-state index >= 15 is 0 Å². The molecule has 1 aromatic rings. The van der Waals surface area contributed by atoms with E-state index in [0.29, 0.717) is 14.8 Å². The SMILES string of the molecule is CC1(C)S[C@@H]2[C@H](NC(=O)C(NC(=O)N3CCN(S(C)(=O)=O)C3=O)c3ccccc3)C(=O)N2[C@H]1C(=O)O.[NaH]. The van der Waals surface area contributed by atoms with E-state index in [9.17, 15) is 37.5 Å². The number of fused-ring (bicyclic) bond motifs is 1. The van der Waals surface area contributed by atoms with E-state index in [0.717, 1.165) is 6.26 Å². The monoisotopic (exact) mass is 563 g/mol. The Hall–Kier alpha value is -2.33. The number of amides is 6. The molecule has 13 nitrogen and oxygen atoms in total. The number of sulfonamides is 1. The van der Waals surface area contributed by atoms with Gasteiger partial charge in [-0.15, -0.1) is 11.8 Å². The van der Waals surface area contributed by atoms with Crippen molar-refractivity contribution in [3.05, 3.63) is 35.9 Å². The van der Waals surface area contributed by atoms with Gasteiger partial charge in [-0.3, -0.25) is 9.59 Å². The van der Waals surface area contributed by atoms with E-state index < -0.39 is 68.1 Å². The van der Waals surface area contributed by atoms with Gasteiger partial charge in [0, 0.05) is 4.75 Å². The molecule has 3 heterocycles. The Kier molecular flexibility index (Phi) is 8.25. The van der Waals surface area contributed by atoms with E-state index in [1.54, 1.807) is 44.2 Å². The maximum atomic E-state index is 13.3. The number of benzene rings is 1. The molecule has 3 aliphatic rings. The Labute approximate surface area is 239 Å². The van der Waals surface area contributed by atoms with Crippen molar-refractivity contribution in [3.63, 3.8) is 0 Å². The third-order valence-corrected chi connectivity index (χ3v) is 8.96. The second kappa shape index (κ2) is 10.4. The summed E-state index contributed by atoms with van der Waals surface area (Å²) in [6.07, 6.45) is 0.850. The van der Waals surface area contributed by atoms with E-state index in [1.807, 2.05) is 0 Å².